The maximum absolute atomic E-state index is 12.0. The lowest BCUT2D eigenvalue weighted by atomic mass is 10.3. The Labute approximate surface area is 114 Å². The number of methoxy groups -OCH3 is 2. The zero-order valence-electron chi connectivity index (χ0n) is 12.1. The van der Waals surface area contributed by atoms with Crippen molar-refractivity contribution in [2.24, 2.45) is 0 Å². The van der Waals surface area contributed by atoms with Gasteiger partial charge in [0, 0.05) is 20.8 Å². The number of amides is 2. The maximum atomic E-state index is 12.0. The molecule has 0 radical (unpaired) electrons. The van der Waals surface area contributed by atoms with Crippen molar-refractivity contribution in [3.05, 3.63) is 0 Å². The minimum Gasteiger partial charge on any atom is -0.465 e. The van der Waals surface area contributed by atoms with Crippen molar-refractivity contribution >= 4 is 12.0 Å². The highest BCUT2D eigenvalue weighted by atomic mass is 16.5. The zero-order chi connectivity index (χ0) is 14.7. The molecule has 0 rings (SSSR count). The molecule has 0 aliphatic carbocycles. The van der Waals surface area contributed by atoms with Gasteiger partial charge >= 0.3 is 12.0 Å². The first kappa shape index (κ1) is 17.7. The number of esters is 1. The molecular formula is C12H24N2O5. The zero-order valence-corrected chi connectivity index (χ0v) is 12.1. The summed E-state index contributed by atoms with van der Waals surface area (Å²) >= 11 is 0. The standard InChI is InChI=1S/C12H24N2O5/c1-5-19-11(15)8-13-12(16)14(6-7-17-3)10(2)9-18-4/h10H,5-9H2,1-4H3,(H,13,16). The Kier molecular flexibility index (Phi) is 9.82. The van der Waals surface area contributed by atoms with E-state index in [0.717, 1.165) is 0 Å². The summed E-state index contributed by atoms with van der Waals surface area (Å²) in [7, 11) is 3.14. The van der Waals surface area contributed by atoms with Crippen molar-refractivity contribution in [1.29, 1.82) is 0 Å². The summed E-state index contributed by atoms with van der Waals surface area (Å²) in [5.74, 6) is -0.457. The molecule has 0 aromatic rings. The highest BCUT2D eigenvalue weighted by Gasteiger charge is 2.20. The summed E-state index contributed by atoms with van der Waals surface area (Å²) in [6, 6.07) is -0.447. The number of carbonyl (C=O) groups is 2. The van der Waals surface area contributed by atoms with Gasteiger partial charge in [-0.2, -0.15) is 0 Å². The van der Waals surface area contributed by atoms with E-state index < -0.39 is 5.97 Å². The maximum Gasteiger partial charge on any atom is 0.325 e. The number of hydrogen-bond acceptors (Lipinski definition) is 5. The van der Waals surface area contributed by atoms with Crippen LogP contribution in [-0.2, 0) is 19.0 Å². The second-order valence-corrected chi connectivity index (χ2v) is 3.95. The SMILES string of the molecule is CCOC(=O)CNC(=O)N(CCOC)C(C)COC. The molecule has 0 aliphatic rings. The number of nitrogens with one attached hydrogen (secondary N) is 1. The summed E-state index contributed by atoms with van der Waals surface area (Å²) in [5.41, 5.74) is 0. The van der Waals surface area contributed by atoms with Crippen LogP contribution in [-0.4, -0.2) is 70.1 Å². The Morgan fingerprint density at radius 2 is 1.95 bits per heavy atom. The molecule has 0 saturated heterocycles. The molecule has 1 N–H and O–H groups in total. The van der Waals surface area contributed by atoms with E-state index in [4.69, 9.17) is 14.2 Å². The average molecular weight is 276 g/mol. The molecular weight excluding hydrogens is 252 g/mol. The third kappa shape index (κ3) is 7.63. The molecule has 1 atom stereocenters. The van der Waals surface area contributed by atoms with Crippen LogP contribution in [0.4, 0.5) is 4.79 Å². The molecule has 0 aromatic heterocycles. The van der Waals surface area contributed by atoms with Gasteiger partial charge in [0.15, 0.2) is 0 Å². The van der Waals surface area contributed by atoms with Crippen molar-refractivity contribution in [2.45, 2.75) is 19.9 Å². The number of ether oxygens (including phenoxy) is 3. The van der Waals surface area contributed by atoms with E-state index in [0.29, 0.717) is 26.4 Å². The molecule has 112 valence electrons. The summed E-state index contributed by atoms with van der Waals surface area (Å²) in [4.78, 5) is 24.7. The molecule has 0 heterocycles. The lowest BCUT2D eigenvalue weighted by Gasteiger charge is -2.28. The van der Waals surface area contributed by atoms with Gasteiger partial charge in [-0.1, -0.05) is 0 Å². The number of nitrogens with zero attached hydrogens (tertiary/aromatic N) is 1. The lowest BCUT2D eigenvalue weighted by molar-refractivity contribution is -0.141. The van der Waals surface area contributed by atoms with Crippen molar-refractivity contribution in [3.8, 4) is 0 Å². The Bertz CT molecular complexity index is 273. The molecule has 0 aliphatic heterocycles. The first-order valence-corrected chi connectivity index (χ1v) is 6.24. The minimum atomic E-state index is -0.457. The third-order valence-corrected chi connectivity index (χ3v) is 2.43. The van der Waals surface area contributed by atoms with E-state index >= 15 is 0 Å². The molecule has 1 unspecified atom stereocenters. The van der Waals surface area contributed by atoms with Crippen molar-refractivity contribution in [1.82, 2.24) is 10.2 Å². The predicted molar refractivity (Wildman–Crippen MR) is 70.0 cm³/mol. The van der Waals surface area contributed by atoms with E-state index in [2.05, 4.69) is 5.32 Å². The molecule has 2 amide bonds. The van der Waals surface area contributed by atoms with Gasteiger partial charge in [-0.15, -0.1) is 0 Å². The fourth-order valence-corrected chi connectivity index (χ4v) is 1.50. The Morgan fingerprint density at radius 3 is 2.47 bits per heavy atom. The third-order valence-electron chi connectivity index (χ3n) is 2.43. The molecule has 19 heavy (non-hydrogen) atoms. The van der Waals surface area contributed by atoms with Gasteiger partial charge in [-0.05, 0) is 13.8 Å². The van der Waals surface area contributed by atoms with Gasteiger partial charge in [0.05, 0.1) is 25.9 Å². The van der Waals surface area contributed by atoms with Gasteiger partial charge in [-0.25, -0.2) is 4.79 Å². The van der Waals surface area contributed by atoms with Crippen LogP contribution in [0.15, 0.2) is 0 Å². The highest BCUT2D eigenvalue weighted by molar-refractivity contribution is 5.81. The van der Waals surface area contributed by atoms with Crippen molar-refractivity contribution < 1.29 is 23.8 Å². The van der Waals surface area contributed by atoms with E-state index in [-0.39, 0.29) is 18.6 Å². The highest BCUT2D eigenvalue weighted by Crippen LogP contribution is 2.00. The molecule has 0 saturated carbocycles. The number of urea groups is 1. The van der Waals surface area contributed by atoms with Gasteiger partial charge < -0.3 is 24.4 Å². The minimum absolute atomic E-state index is 0.109. The van der Waals surface area contributed by atoms with Crippen LogP contribution in [0.2, 0.25) is 0 Å². The van der Waals surface area contributed by atoms with E-state index in [1.165, 1.54) is 0 Å². The molecule has 0 fully saturated rings. The van der Waals surface area contributed by atoms with E-state index in [1.807, 2.05) is 6.92 Å². The second-order valence-electron chi connectivity index (χ2n) is 3.95. The number of rotatable bonds is 9. The predicted octanol–water partition coefficient (Wildman–Crippen LogP) is 0.242. The summed E-state index contributed by atoms with van der Waals surface area (Å²) in [6.45, 7) is 4.99. The quantitative estimate of drug-likeness (QED) is 0.611. The van der Waals surface area contributed by atoms with E-state index in [1.54, 1.807) is 26.0 Å². The van der Waals surface area contributed by atoms with Crippen molar-refractivity contribution in [3.63, 3.8) is 0 Å². The monoisotopic (exact) mass is 276 g/mol. The van der Waals surface area contributed by atoms with Gasteiger partial charge in [0.2, 0.25) is 0 Å². The molecule has 0 spiro atoms. The summed E-state index contributed by atoms with van der Waals surface area (Å²) in [6.07, 6.45) is 0. The topological polar surface area (TPSA) is 77.1 Å². The van der Waals surface area contributed by atoms with Crippen LogP contribution in [0.1, 0.15) is 13.8 Å². The van der Waals surface area contributed by atoms with Gasteiger partial charge in [0.25, 0.3) is 0 Å². The smallest absolute Gasteiger partial charge is 0.325 e. The molecule has 7 nitrogen and oxygen atoms in total. The first-order valence-electron chi connectivity index (χ1n) is 6.24. The molecule has 0 bridgehead atoms. The van der Waals surface area contributed by atoms with Crippen molar-refractivity contribution in [2.75, 3.05) is 47.1 Å². The normalized spacial score (nSPS) is 11.8. The fraction of sp³-hybridized carbons (Fsp3) is 0.833. The van der Waals surface area contributed by atoms with E-state index in [9.17, 15) is 9.59 Å². The summed E-state index contributed by atoms with van der Waals surface area (Å²) in [5, 5.41) is 2.52. The van der Waals surface area contributed by atoms with Crippen LogP contribution in [0.3, 0.4) is 0 Å². The van der Waals surface area contributed by atoms with Crippen LogP contribution in [0.25, 0.3) is 0 Å². The van der Waals surface area contributed by atoms with Crippen LogP contribution < -0.4 is 5.32 Å². The van der Waals surface area contributed by atoms with Crippen LogP contribution >= 0.6 is 0 Å². The van der Waals surface area contributed by atoms with Gasteiger partial charge in [0.1, 0.15) is 6.54 Å². The van der Waals surface area contributed by atoms with Gasteiger partial charge in [-0.3, -0.25) is 4.79 Å². The lowest BCUT2D eigenvalue weighted by Crippen LogP contribution is -2.49. The Balaban J connectivity index is 4.32. The average Bonchev–Trinajstić information content (AvgIpc) is 2.37. The fourth-order valence-electron chi connectivity index (χ4n) is 1.50. The second kappa shape index (κ2) is 10.6. The molecule has 7 heteroatoms. The summed E-state index contributed by atoms with van der Waals surface area (Å²) < 4.78 is 14.7. The Morgan fingerprint density at radius 1 is 1.26 bits per heavy atom. The number of hydrogen-bond donors (Lipinski definition) is 1. The van der Waals surface area contributed by atoms with Crippen LogP contribution in [0.5, 0.6) is 0 Å². The Hall–Kier alpha value is -1.34. The largest absolute Gasteiger partial charge is 0.465 e. The number of carbonyl (C=O) groups excluding carboxylic acids is 2. The first-order chi connectivity index (χ1) is 9.06. The molecule has 0 aromatic carbocycles. The van der Waals surface area contributed by atoms with Crippen LogP contribution in [0, 0.1) is 0 Å².